The van der Waals surface area contributed by atoms with Crippen molar-refractivity contribution in [1.29, 1.82) is 0 Å². The molecule has 0 spiro atoms. The summed E-state index contributed by atoms with van der Waals surface area (Å²) in [5, 5.41) is 0. The van der Waals surface area contributed by atoms with E-state index in [0.29, 0.717) is 6.61 Å². The van der Waals surface area contributed by atoms with Crippen molar-refractivity contribution in [2.45, 2.75) is 188 Å². The van der Waals surface area contributed by atoms with Gasteiger partial charge in [0.15, 0.2) is 0 Å². The molecule has 0 saturated carbocycles. The first kappa shape index (κ1) is 33.5. The summed E-state index contributed by atoms with van der Waals surface area (Å²) in [6.45, 7) is 9.58. The third kappa shape index (κ3) is 20.8. The van der Waals surface area contributed by atoms with Crippen LogP contribution < -0.4 is 0 Å². The molecule has 0 aliphatic rings. The van der Waals surface area contributed by atoms with Crippen molar-refractivity contribution >= 4 is 5.97 Å². The van der Waals surface area contributed by atoms with Crippen LogP contribution in [0.4, 0.5) is 0 Å². The highest BCUT2D eigenvalue weighted by Gasteiger charge is 2.33. The maximum absolute atomic E-state index is 12.9. The van der Waals surface area contributed by atoms with Crippen molar-refractivity contribution in [2.24, 2.45) is 5.41 Å². The summed E-state index contributed by atoms with van der Waals surface area (Å²) in [6.07, 6.45) is 32.3. The third-order valence-corrected chi connectivity index (χ3v) is 7.64. The highest BCUT2D eigenvalue weighted by molar-refractivity contribution is 5.76. The minimum Gasteiger partial charge on any atom is -0.465 e. The van der Waals surface area contributed by atoms with E-state index < -0.39 is 0 Å². The largest absolute Gasteiger partial charge is 0.465 e. The van der Waals surface area contributed by atoms with Gasteiger partial charge in [-0.05, 0) is 26.2 Å². The second-order valence-corrected chi connectivity index (χ2v) is 11.3. The minimum absolute atomic E-state index is 0.0758. The smallest absolute Gasteiger partial charge is 0.311 e. The maximum atomic E-state index is 12.9. The molecule has 0 aromatic rings. The van der Waals surface area contributed by atoms with E-state index in [9.17, 15) is 4.79 Å². The molecule has 0 amide bonds. The van der Waals surface area contributed by atoms with Crippen molar-refractivity contribution in [3.8, 4) is 0 Å². The van der Waals surface area contributed by atoms with Crippen molar-refractivity contribution < 1.29 is 9.53 Å². The Kier molecular flexibility index (Phi) is 25.2. The summed E-state index contributed by atoms with van der Waals surface area (Å²) < 4.78 is 5.80. The van der Waals surface area contributed by atoms with Crippen LogP contribution in [0, 0.1) is 5.41 Å². The molecule has 0 N–H and O–H groups in total. The van der Waals surface area contributed by atoms with Crippen LogP contribution in [-0.2, 0) is 9.53 Å². The van der Waals surface area contributed by atoms with E-state index in [4.69, 9.17) is 4.74 Å². The lowest BCUT2D eigenvalue weighted by atomic mass is 9.79. The maximum Gasteiger partial charge on any atom is 0.311 e. The molecule has 0 fully saturated rings. The predicted molar refractivity (Wildman–Crippen MR) is 152 cm³/mol. The summed E-state index contributed by atoms with van der Waals surface area (Å²) >= 11 is 0. The van der Waals surface area contributed by atoms with Crippen LogP contribution in [0.5, 0.6) is 0 Å². The molecule has 1 unspecified atom stereocenters. The quantitative estimate of drug-likeness (QED) is 0.0862. The zero-order valence-electron chi connectivity index (χ0n) is 24.2. The molecule has 0 radical (unpaired) electrons. The molecule has 0 saturated heterocycles. The molecule has 0 aromatic heterocycles. The van der Waals surface area contributed by atoms with Gasteiger partial charge in [-0.1, -0.05) is 162 Å². The molecule has 1 atom stereocenters. The highest BCUT2D eigenvalue weighted by Crippen LogP contribution is 2.33. The Labute approximate surface area is 215 Å². The van der Waals surface area contributed by atoms with Crippen LogP contribution in [0.2, 0.25) is 0 Å². The fraction of sp³-hybridized carbons (Fsp3) is 0.969. The van der Waals surface area contributed by atoms with Gasteiger partial charge in [-0.15, -0.1) is 0 Å². The van der Waals surface area contributed by atoms with Gasteiger partial charge in [0.25, 0.3) is 0 Å². The Morgan fingerprint density at radius 2 is 0.765 bits per heavy atom. The Balaban J connectivity index is 3.82. The van der Waals surface area contributed by atoms with Crippen LogP contribution >= 0.6 is 0 Å². The SMILES string of the molecule is CCCCCCCCCCCCCCCCOC(=O)C(C)(CCCCC)CCCCCCCC. The molecular formula is C32H64O2. The number of carbonyl (C=O) groups excluding carboxylic acids is 1. The summed E-state index contributed by atoms with van der Waals surface area (Å²) in [4.78, 5) is 12.9. The first-order chi connectivity index (χ1) is 16.6. The first-order valence-electron chi connectivity index (χ1n) is 15.8. The van der Waals surface area contributed by atoms with E-state index in [-0.39, 0.29) is 11.4 Å². The zero-order chi connectivity index (χ0) is 25.2. The number of esters is 1. The lowest BCUT2D eigenvalue weighted by Gasteiger charge is -2.27. The van der Waals surface area contributed by atoms with Crippen LogP contribution in [0.3, 0.4) is 0 Å². The molecular weight excluding hydrogens is 416 g/mol. The molecule has 0 aliphatic carbocycles. The molecule has 0 rings (SSSR count). The second kappa shape index (κ2) is 25.6. The zero-order valence-corrected chi connectivity index (χ0v) is 24.2. The van der Waals surface area contributed by atoms with Gasteiger partial charge in [0, 0.05) is 0 Å². The summed E-state index contributed by atoms with van der Waals surface area (Å²) in [6, 6.07) is 0. The van der Waals surface area contributed by atoms with Gasteiger partial charge < -0.3 is 4.74 Å². The average Bonchev–Trinajstić information content (AvgIpc) is 2.83. The van der Waals surface area contributed by atoms with E-state index in [1.54, 1.807) is 0 Å². The number of hydrogen-bond donors (Lipinski definition) is 0. The number of rotatable bonds is 27. The van der Waals surface area contributed by atoms with Crippen LogP contribution in [-0.4, -0.2) is 12.6 Å². The fourth-order valence-electron chi connectivity index (χ4n) is 5.03. The summed E-state index contributed by atoms with van der Waals surface area (Å²) in [5.74, 6) is 0.0758. The van der Waals surface area contributed by atoms with Crippen LogP contribution in [0.1, 0.15) is 188 Å². The van der Waals surface area contributed by atoms with Crippen LogP contribution in [0.25, 0.3) is 0 Å². The standard InChI is InChI=1S/C32H64O2/c1-5-8-11-13-15-16-17-18-19-20-21-22-24-27-30-34-31(33)32(4,28-25-10-7-3)29-26-23-14-12-9-6-2/h5-30H2,1-4H3. The highest BCUT2D eigenvalue weighted by atomic mass is 16.5. The lowest BCUT2D eigenvalue weighted by molar-refractivity contribution is -0.156. The van der Waals surface area contributed by atoms with Gasteiger partial charge >= 0.3 is 5.97 Å². The topological polar surface area (TPSA) is 26.3 Å². The van der Waals surface area contributed by atoms with Gasteiger partial charge in [0.05, 0.1) is 12.0 Å². The monoisotopic (exact) mass is 480 g/mol. The van der Waals surface area contributed by atoms with Gasteiger partial charge in [0.1, 0.15) is 0 Å². The van der Waals surface area contributed by atoms with Gasteiger partial charge in [-0.3, -0.25) is 4.79 Å². The van der Waals surface area contributed by atoms with E-state index in [2.05, 4.69) is 27.7 Å². The predicted octanol–water partition coefficient (Wildman–Crippen LogP) is 11.3. The molecule has 2 nitrogen and oxygen atoms in total. The van der Waals surface area contributed by atoms with Crippen molar-refractivity contribution in [2.75, 3.05) is 6.61 Å². The average molecular weight is 481 g/mol. The molecule has 34 heavy (non-hydrogen) atoms. The fourth-order valence-corrected chi connectivity index (χ4v) is 5.03. The van der Waals surface area contributed by atoms with Gasteiger partial charge in [0.2, 0.25) is 0 Å². The Bertz CT molecular complexity index is 419. The number of unbranched alkanes of at least 4 members (excludes halogenated alkanes) is 20. The van der Waals surface area contributed by atoms with E-state index in [1.165, 1.54) is 135 Å². The Hall–Kier alpha value is -0.530. The molecule has 0 aromatic carbocycles. The normalized spacial score (nSPS) is 13.2. The first-order valence-corrected chi connectivity index (χ1v) is 15.8. The molecule has 0 aliphatic heterocycles. The Morgan fingerprint density at radius 1 is 0.471 bits per heavy atom. The third-order valence-electron chi connectivity index (χ3n) is 7.64. The Morgan fingerprint density at radius 3 is 1.18 bits per heavy atom. The second-order valence-electron chi connectivity index (χ2n) is 11.3. The molecule has 204 valence electrons. The summed E-state index contributed by atoms with van der Waals surface area (Å²) in [5.41, 5.74) is -0.268. The molecule has 0 heterocycles. The van der Waals surface area contributed by atoms with Gasteiger partial charge in [-0.25, -0.2) is 0 Å². The molecule has 0 bridgehead atoms. The van der Waals surface area contributed by atoms with Crippen molar-refractivity contribution in [3.63, 3.8) is 0 Å². The molecule has 2 heteroatoms. The number of hydrogen-bond acceptors (Lipinski definition) is 2. The van der Waals surface area contributed by atoms with E-state index >= 15 is 0 Å². The van der Waals surface area contributed by atoms with E-state index in [1.807, 2.05) is 0 Å². The number of carbonyl (C=O) groups is 1. The van der Waals surface area contributed by atoms with Crippen molar-refractivity contribution in [1.82, 2.24) is 0 Å². The summed E-state index contributed by atoms with van der Waals surface area (Å²) in [7, 11) is 0. The van der Waals surface area contributed by atoms with Crippen molar-refractivity contribution in [3.05, 3.63) is 0 Å². The lowest BCUT2D eigenvalue weighted by Crippen LogP contribution is -2.30. The number of ether oxygens (including phenoxy) is 1. The van der Waals surface area contributed by atoms with Gasteiger partial charge in [-0.2, -0.15) is 0 Å². The minimum atomic E-state index is -0.268. The van der Waals surface area contributed by atoms with Crippen LogP contribution in [0.15, 0.2) is 0 Å². The van der Waals surface area contributed by atoms with E-state index in [0.717, 1.165) is 25.7 Å².